The van der Waals surface area contributed by atoms with Crippen molar-refractivity contribution >= 4 is 12.2 Å². The number of likely N-dealkylation sites (tertiary alicyclic amines) is 1. The zero-order chi connectivity index (χ0) is 7.84. The fourth-order valence-electron chi connectivity index (χ4n) is 1.59. The van der Waals surface area contributed by atoms with Crippen LogP contribution in [0.4, 0.5) is 0 Å². The average molecular weight is 153 g/mol. The number of aldehydes is 1. The maximum atomic E-state index is 11.2. The van der Waals surface area contributed by atoms with Gasteiger partial charge in [-0.05, 0) is 12.8 Å². The van der Waals surface area contributed by atoms with Crippen LogP contribution in [-0.2, 0) is 9.59 Å². The van der Waals surface area contributed by atoms with Crippen molar-refractivity contribution < 1.29 is 9.59 Å². The van der Waals surface area contributed by atoms with Gasteiger partial charge >= 0.3 is 0 Å². The molecule has 0 N–H and O–H groups in total. The Labute approximate surface area is 65.4 Å². The molecule has 1 aliphatic carbocycles. The Kier molecular flexibility index (Phi) is 1.44. The number of nitrogens with zero attached hydrogens (tertiary/aromatic N) is 1. The van der Waals surface area contributed by atoms with E-state index in [-0.39, 0.29) is 11.8 Å². The Morgan fingerprint density at radius 2 is 2.18 bits per heavy atom. The molecular weight excluding hydrogens is 142 g/mol. The molecular formula is C8H11NO2. The number of rotatable bonds is 2. The zero-order valence-electron chi connectivity index (χ0n) is 6.32. The van der Waals surface area contributed by atoms with Gasteiger partial charge in [-0.3, -0.25) is 4.79 Å². The largest absolute Gasteiger partial charge is 0.339 e. The minimum atomic E-state index is -0.0249. The van der Waals surface area contributed by atoms with Gasteiger partial charge in [0.25, 0.3) is 0 Å². The van der Waals surface area contributed by atoms with E-state index in [1.54, 1.807) is 0 Å². The van der Waals surface area contributed by atoms with E-state index in [0.29, 0.717) is 19.0 Å². The Morgan fingerprint density at radius 1 is 1.45 bits per heavy atom. The van der Waals surface area contributed by atoms with Crippen LogP contribution in [0.15, 0.2) is 0 Å². The maximum absolute atomic E-state index is 11.2. The summed E-state index contributed by atoms with van der Waals surface area (Å²) in [5.74, 6) is 0.146. The van der Waals surface area contributed by atoms with Gasteiger partial charge in [-0.1, -0.05) is 0 Å². The highest BCUT2D eigenvalue weighted by Crippen LogP contribution is 2.31. The van der Waals surface area contributed by atoms with Crippen molar-refractivity contribution in [3.05, 3.63) is 0 Å². The van der Waals surface area contributed by atoms with Gasteiger partial charge < -0.3 is 9.69 Å². The Hall–Kier alpha value is -0.860. The molecule has 2 aliphatic rings. The van der Waals surface area contributed by atoms with Crippen LogP contribution in [0.1, 0.15) is 19.3 Å². The van der Waals surface area contributed by atoms with E-state index in [9.17, 15) is 9.59 Å². The average Bonchev–Trinajstić information content (AvgIpc) is 2.76. The van der Waals surface area contributed by atoms with Crippen molar-refractivity contribution in [2.45, 2.75) is 25.3 Å². The standard InChI is InChI=1S/C8H11NO2/c10-5-6-3-8(11)9(4-6)7-1-2-7/h5-7H,1-4H2/t6-/m1/s1. The lowest BCUT2D eigenvalue weighted by molar-refractivity contribution is -0.128. The van der Waals surface area contributed by atoms with Crippen molar-refractivity contribution in [3.63, 3.8) is 0 Å². The van der Waals surface area contributed by atoms with Crippen LogP contribution in [-0.4, -0.2) is 29.7 Å². The van der Waals surface area contributed by atoms with E-state index >= 15 is 0 Å². The van der Waals surface area contributed by atoms with Gasteiger partial charge in [0, 0.05) is 24.9 Å². The van der Waals surface area contributed by atoms with E-state index in [0.717, 1.165) is 19.1 Å². The fourth-order valence-corrected chi connectivity index (χ4v) is 1.59. The molecule has 60 valence electrons. The number of carbonyl (C=O) groups is 2. The highest BCUT2D eigenvalue weighted by atomic mass is 16.2. The third-order valence-corrected chi connectivity index (χ3v) is 2.37. The number of carbonyl (C=O) groups excluding carboxylic acids is 2. The molecule has 0 unspecified atom stereocenters. The lowest BCUT2D eigenvalue weighted by Gasteiger charge is -2.13. The smallest absolute Gasteiger partial charge is 0.223 e. The van der Waals surface area contributed by atoms with Crippen LogP contribution in [0.25, 0.3) is 0 Å². The summed E-state index contributed by atoms with van der Waals surface area (Å²) in [6, 6.07) is 0.479. The number of hydrogen-bond acceptors (Lipinski definition) is 2. The molecule has 2 rings (SSSR count). The van der Waals surface area contributed by atoms with Gasteiger partial charge in [0.15, 0.2) is 0 Å². The molecule has 0 aromatic rings. The van der Waals surface area contributed by atoms with Gasteiger partial charge in [-0.15, -0.1) is 0 Å². The van der Waals surface area contributed by atoms with Crippen molar-refractivity contribution in [1.82, 2.24) is 4.90 Å². The van der Waals surface area contributed by atoms with Crippen molar-refractivity contribution in [1.29, 1.82) is 0 Å². The third-order valence-electron chi connectivity index (χ3n) is 2.37. The second kappa shape index (κ2) is 2.32. The van der Waals surface area contributed by atoms with Crippen LogP contribution in [0.3, 0.4) is 0 Å². The second-order valence-electron chi connectivity index (χ2n) is 3.38. The van der Waals surface area contributed by atoms with E-state index in [2.05, 4.69) is 0 Å². The Balaban J connectivity index is 2.01. The van der Waals surface area contributed by atoms with Crippen LogP contribution in [0.2, 0.25) is 0 Å². The Bertz CT molecular complexity index is 198. The normalized spacial score (nSPS) is 31.1. The zero-order valence-corrected chi connectivity index (χ0v) is 6.32. The summed E-state index contributed by atoms with van der Waals surface area (Å²) in [5.41, 5.74) is 0. The molecule has 3 heteroatoms. The first-order valence-corrected chi connectivity index (χ1v) is 4.06. The van der Waals surface area contributed by atoms with E-state index in [4.69, 9.17) is 0 Å². The topological polar surface area (TPSA) is 37.4 Å². The predicted octanol–water partition coefficient (Wildman–Crippen LogP) is 0.196. The lowest BCUT2D eigenvalue weighted by Crippen LogP contribution is -2.27. The van der Waals surface area contributed by atoms with E-state index in [1.807, 2.05) is 4.90 Å². The van der Waals surface area contributed by atoms with Crippen molar-refractivity contribution in [2.75, 3.05) is 6.54 Å². The van der Waals surface area contributed by atoms with Gasteiger partial charge in [0.05, 0.1) is 0 Å². The summed E-state index contributed by atoms with van der Waals surface area (Å²) in [4.78, 5) is 23.4. The van der Waals surface area contributed by atoms with E-state index in [1.165, 1.54) is 0 Å². The third kappa shape index (κ3) is 1.15. The highest BCUT2D eigenvalue weighted by molar-refractivity contribution is 5.83. The Morgan fingerprint density at radius 3 is 2.64 bits per heavy atom. The molecule has 0 radical (unpaired) electrons. The van der Waals surface area contributed by atoms with Crippen LogP contribution in [0.5, 0.6) is 0 Å². The van der Waals surface area contributed by atoms with Crippen molar-refractivity contribution in [2.24, 2.45) is 5.92 Å². The van der Waals surface area contributed by atoms with E-state index < -0.39 is 0 Å². The first-order chi connectivity index (χ1) is 5.31. The minimum Gasteiger partial charge on any atom is -0.339 e. The lowest BCUT2D eigenvalue weighted by atomic mass is 10.1. The fraction of sp³-hybridized carbons (Fsp3) is 0.750. The number of amides is 1. The summed E-state index contributed by atoms with van der Waals surface area (Å²) < 4.78 is 0. The van der Waals surface area contributed by atoms with Gasteiger partial charge in [0.2, 0.25) is 5.91 Å². The second-order valence-corrected chi connectivity index (χ2v) is 3.38. The maximum Gasteiger partial charge on any atom is 0.223 e. The molecule has 1 saturated heterocycles. The molecule has 1 heterocycles. The molecule has 0 spiro atoms. The summed E-state index contributed by atoms with van der Waals surface area (Å²) in [5, 5.41) is 0. The van der Waals surface area contributed by atoms with Gasteiger partial charge in [0.1, 0.15) is 6.29 Å². The van der Waals surface area contributed by atoms with Crippen LogP contribution >= 0.6 is 0 Å². The SMILES string of the molecule is O=C[C@@H]1CC(=O)N(C2CC2)C1. The quantitative estimate of drug-likeness (QED) is 0.531. The first kappa shape index (κ1) is 6.83. The van der Waals surface area contributed by atoms with Crippen molar-refractivity contribution in [3.8, 4) is 0 Å². The summed E-state index contributed by atoms with van der Waals surface area (Å²) >= 11 is 0. The summed E-state index contributed by atoms with van der Waals surface area (Å²) in [6.45, 7) is 0.674. The summed E-state index contributed by atoms with van der Waals surface area (Å²) in [6.07, 6.45) is 3.62. The molecule has 11 heavy (non-hydrogen) atoms. The molecule has 1 aliphatic heterocycles. The molecule has 1 saturated carbocycles. The molecule has 1 amide bonds. The minimum absolute atomic E-state index is 0.0249. The molecule has 1 atom stereocenters. The summed E-state index contributed by atoms with van der Waals surface area (Å²) in [7, 11) is 0. The highest BCUT2D eigenvalue weighted by Gasteiger charge is 2.38. The van der Waals surface area contributed by atoms with Crippen LogP contribution < -0.4 is 0 Å². The van der Waals surface area contributed by atoms with Crippen LogP contribution in [0, 0.1) is 5.92 Å². The van der Waals surface area contributed by atoms with Gasteiger partial charge in [-0.2, -0.15) is 0 Å². The molecule has 3 nitrogen and oxygen atoms in total. The van der Waals surface area contributed by atoms with Gasteiger partial charge in [-0.25, -0.2) is 0 Å². The molecule has 2 fully saturated rings. The number of hydrogen-bond donors (Lipinski definition) is 0. The molecule has 0 aromatic carbocycles. The predicted molar refractivity (Wildman–Crippen MR) is 38.9 cm³/mol. The molecule has 0 bridgehead atoms. The first-order valence-electron chi connectivity index (χ1n) is 4.06. The monoisotopic (exact) mass is 153 g/mol. The molecule has 0 aromatic heterocycles.